The first kappa shape index (κ1) is 21.5. The third-order valence-electron chi connectivity index (χ3n) is 5.90. The Balaban J connectivity index is 2.33. The number of halogens is 2. The van der Waals surface area contributed by atoms with Crippen LogP contribution in [0.25, 0.3) is 0 Å². The molecule has 0 bridgehead atoms. The molecule has 0 aromatic heterocycles. The fourth-order valence-corrected chi connectivity index (χ4v) is 4.26. The van der Waals surface area contributed by atoms with Gasteiger partial charge in [0.05, 0.1) is 11.8 Å². The lowest BCUT2D eigenvalue weighted by Crippen LogP contribution is -2.28. The molecular formula is C25H32Cl2O. The highest BCUT2D eigenvalue weighted by atomic mass is 35.5. The van der Waals surface area contributed by atoms with Crippen LogP contribution in [-0.4, -0.2) is 0 Å². The van der Waals surface area contributed by atoms with E-state index in [1.165, 1.54) is 22.3 Å². The van der Waals surface area contributed by atoms with Gasteiger partial charge in [0.15, 0.2) is 0 Å². The molecule has 28 heavy (non-hydrogen) atoms. The predicted molar refractivity (Wildman–Crippen MR) is 122 cm³/mol. The van der Waals surface area contributed by atoms with Gasteiger partial charge in [-0.1, -0.05) is 79.7 Å². The maximum Gasteiger partial charge on any atom is 0.135 e. The van der Waals surface area contributed by atoms with Crippen molar-refractivity contribution >= 4 is 23.2 Å². The average Bonchev–Trinajstić information content (AvgIpc) is 2.58. The first-order valence-corrected chi connectivity index (χ1v) is 11.0. The van der Waals surface area contributed by atoms with E-state index in [-0.39, 0.29) is 16.2 Å². The topological polar surface area (TPSA) is 9.23 Å². The van der Waals surface area contributed by atoms with Crippen molar-refractivity contribution in [2.45, 2.75) is 83.4 Å². The molecule has 0 unspecified atom stereocenters. The molecule has 1 aliphatic heterocycles. The van der Waals surface area contributed by atoms with Crippen molar-refractivity contribution in [1.82, 2.24) is 0 Å². The minimum Gasteiger partial charge on any atom is -0.456 e. The summed E-state index contributed by atoms with van der Waals surface area (Å²) in [6.45, 7) is 18.0. The fraction of sp³-hybridized carbons (Fsp3) is 0.520. The van der Waals surface area contributed by atoms with Gasteiger partial charge in [0.25, 0.3) is 0 Å². The molecule has 3 rings (SSSR count). The van der Waals surface area contributed by atoms with Crippen molar-refractivity contribution in [3.8, 4) is 11.5 Å². The summed E-state index contributed by atoms with van der Waals surface area (Å²) in [5, 5.41) is 0. The average molecular weight is 419 g/mol. The lowest BCUT2D eigenvalue weighted by atomic mass is 9.71. The quantitative estimate of drug-likeness (QED) is 0.446. The first-order valence-electron chi connectivity index (χ1n) is 9.96. The van der Waals surface area contributed by atoms with E-state index in [0.717, 1.165) is 22.6 Å². The molecule has 1 nitrogen and oxygen atoms in total. The second-order valence-corrected chi connectivity index (χ2v) is 11.1. The number of hydrogen-bond acceptors (Lipinski definition) is 1. The molecule has 0 saturated heterocycles. The van der Waals surface area contributed by atoms with Crippen molar-refractivity contribution in [3.63, 3.8) is 0 Å². The molecule has 0 radical (unpaired) electrons. The molecule has 0 N–H and O–H groups in total. The molecule has 0 fully saturated rings. The summed E-state index contributed by atoms with van der Waals surface area (Å²) in [7, 11) is 0. The zero-order chi connectivity index (χ0) is 21.1. The number of hydrogen-bond donors (Lipinski definition) is 0. The maximum absolute atomic E-state index is 6.52. The van der Waals surface area contributed by atoms with E-state index in [0.29, 0.717) is 11.8 Å². The van der Waals surface area contributed by atoms with Crippen LogP contribution >= 0.6 is 23.2 Å². The van der Waals surface area contributed by atoms with Gasteiger partial charge in [-0.05, 0) is 22.0 Å². The van der Waals surface area contributed by atoms with Gasteiger partial charge in [-0.3, -0.25) is 0 Å². The molecule has 0 saturated carbocycles. The summed E-state index contributed by atoms with van der Waals surface area (Å²) in [6, 6.07) is 8.99. The predicted octanol–water partition coefficient (Wildman–Crippen LogP) is 8.19. The normalized spacial score (nSPS) is 15.6. The van der Waals surface area contributed by atoms with Crippen LogP contribution in [0.15, 0.2) is 24.3 Å². The molecule has 2 aromatic rings. The summed E-state index contributed by atoms with van der Waals surface area (Å²) in [6.07, 6.45) is 0. The fourth-order valence-electron chi connectivity index (χ4n) is 3.86. The third kappa shape index (κ3) is 3.57. The van der Waals surface area contributed by atoms with Gasteiger partial charge in [0.1, 0.15) is 11.5 Å². The lowest BCUT2D eigenvalue weighted by Gasteiger charge is -2.39. The van der Waals surface area contributed by atoms with Crippen molar-refractivity contribution in [1.29, 1.82) is 0 Å². The molecule has 1 aliphatic rings. The molecule has 3 heteroatoms. The summed E-state index contributed by atoms with van der Waals surface area (Å²) in [5.74, 6) is 2.65. The van der Waals surface area contributed by atoms with Crippen LogP contribution in [0.4, 0.5) is 0 Å². The Morgan fingerprint density at radius 2 is 1.07 bits per heavy atom. The van der Waals surface area contributed by atoms with Crippen LogP contribution in [-0.2, 0) is 28.0 Å². The zero-order valence-corrected chi connectivity index (χ0v) is 19.9. The number of rotatable bonds is 2. The largest absolute Gasteiger partial charge is 0.456 e. The van der Waals surface area contributed by atoms with Crippen molar-refractivity contribution in [2.24, 2.45) is 0 Å². The van der Waals surface area contributed by atoms with Crippen LogP contribution in [0.1, 0.15) is 88.8 Å². The SMILES string of the molecule is CC(C)(C)c1cc(CCl)c2c(c1)C(C)(C)c1cc(C(C)(C)C)cc(CCl)c1O2. The molecule has 152 valence electrons. The summed E-state index contributed by atoms with van der Waals surface area (Å²) < 4.78 is 6.52. The number of alkyl halides is 2. The van der Waals surface area contributed by atoms with Gasteiger partial charge in [0.2, 0.25) is 0 Å². The second-order valence-electron chi connectivity index (χ2n) is 10.5. The lowest BCUT2D eigenvalue weighted by molar-refractivity contribution is 0.408. The summed E-state index contributed by atoms with van der Waals surface area (Å²) >= 11 is 12.7. The Labute approximate surface area is 180 Å². The molecule has 1 heterocycles. The summed E-state index contributed by atoms with van der Waals surface area (Å²) in [5.41, 5.74) is 6.95. The number of benzene rings is 2. The van der Waals surface area contributed by atoms with Gasteiger partial charge in [-0.15, -0.1) is 23.2 Å². The van der Waals surface area contributed by atoms with Crippen LogP contribution in [0.3, 0.4) is 0 Å². The second kappa shape index (κ2) is 6.96. The van der Waals surface area contributed by atoms with E-state index in [2.05, 4.69) is 79.7 Å². The Morgan fingerprint density at radius 3 is 1.36 bits per heavy atom. The van der Waals surface area contributed by atoms with Crippen LogP contribution in [0.5, 0.6) is 11.5 Å². The van der Waals surface area contributed by atoms with E-state index in [9.17, 15) is 0 Å². The number of ether oxygens (including phenoxy) is 1. The van der Waals surface area contributed by atoms with Gasteiger partial charge in [0, 0.05) is 27.7 Å². The van der Waals surface area contributed by atoms with E-state index >= 15 is 0 Å². The van der Waals surface area contributed by atoms with E-state index in [4.69, 9.17) is 27.9 Å². The molecule has 0 spiro atoms. The maximum atomic E-state index is 6.52. The van der Waals surface area contributed by atoms with Gasteiger partial charge in [-0.25, -0.2) is 0 Å². The molecule has 0 atom stereocenters. The third-order valence-corrected chi connectivity index (χ3v) is 6.48. The highest BCUT2D eigenvalue weighted by molar-refractivity contribution is 6.17. The molecule has 2 aromatic carbocycles. The van der Waals surface area contributed by atoms with E-state index < -0.39 is 0 Å². The Hall–Kier alpha value is -1.18. The Morgan fingerprint density at radius 1 is 0.714 bits per heavy atom. The smallest absolute Gasteiger partial charge is 0.135 e. The van der Waals surface area contributed by atoms with E-state index in [1.54, 1.807) is 0 Å². The molecular weight excluding hydrogens is 387 g/mol. The minimum atomic E-state index is -0.201. The van der Waals surface area contributed by atoms with Gasteiger partial charge >= 0.3 is 0 Å². The van der Waals surface area contributed by atoms with Crippen molar-refractivity contribution in [2.75, 3.05) is 0 Å². The highest BCUT2D eigenvalue weighted by Gasteiger charge is 2.38. The van der Waals surface area contributed by atoms with Crippen LogP contribution in [0.2, 0.25) is 0 Å². The van der Waals surface area contributed by atoms with Crippen molar-refractivity contribution < 1.29 is 4.74 Å². The minimum absolute atomic E-state index is 0.0424. The first-order chi connectivity index (χ1) is 12.8. The van der Waals surface area contributed by atoms with Crippen LogP contribution in [0, 0.1) is 0 Å². The van der Waals surface area contributed by atoms with Gasteiger partial charge < -0.3 is 4.74 Å². The standard InChI is InChI=1S/C25H32Cl2O/c1-23(2,3)17-9-15(13-26)21-19(11-17)25(7,8)20-12-18(24(4,5)6)10-16(14-27)22(20)28-21/h9-12H,13-14H2,1-8H3. The monoisotopic (exact) mass is 418 g/mol. The molecule has 0 aliphatic carbocycles. The van der Waals surface area contributed by atoms with Crippen molar-refractivity contribution in [3.05, 3.63) is 57.6 Å². The molecule has 0 amide bonds. The summed E-state index contributed by atoms with van der Waals surface area (Å²) in [4.78, 5) is 0. The Kier molecular flexibility index (Phi) is 5.35. The highest BCUT2D eigenvalue weighted by Crippen LogP contribution is 2.52. The zero-order valence-electron chi connectivity index (χ0n) is 18.4. The number of fused-ring (bicyclic) bond motifs is 2. The Bertz CT molecular complexity index is 838. The van der Waals surface area contributed by atoms with Gasteiger partial charge in [-0.2, -0.15) is 0 Å². The van der Waals surface area contributed by atoms with E-state index in [1.807, 2.05) is 0 Å². The van der Waals surface area contributed by atoms with Crippen LogP contribution < -0.4 is 4.74 Å².